The van der Waals surface area contributed by atoms with Crippen LogP contribution < -0.4 is 5.43 Å². The zero-order chi connectivity index (χ0) is 9.84. The minimum absolute atomic E-state index is 0.105. The van der Waals surface area contributed by atoms with E-state index < -0.39 is 0 Å². The van der Waals surface area contributed by atoms with E-state index in [-0.39, 0.29) is 5.43 Å². The van der Waals surface area contributed by atoms with Gasteiger partial charge >= 0.3 is 0 Å². The molecular formula is C11H15NO. The summed E-state index contributed by atoms with van der Waals surface area (Å²) in [6, 6.07) is 1.61. The summed E-state index contributed by atoms with van der Waals surface area (Å²) in [5, 5.41) is 0. The Bertz CT molecular complexity index is 370. The summed E-state index contributed by atoms with van der Waals surface area (Å²) in [6.45, 7) is 6.80. The highest BCUT2D eigenvalue weighted by Gasteiger charge is 1.92. The molecule has 0 saturated heterocycles. The molecule has 0 unspecified atom stereocenters. The number of rotatable bonds is 2. The van der Waals surface area contributed by atoms with Crippen LogP contribution >= 0.6 is 0 Å². The van der Waals surface area contributed by atoms with E-state index >= 15 is 0 Å². The van der Waals surface area contributed by atoms with E-state index in [9.17, 15) is 4.79 Å². The van der Waals surface area contributed by atoms with Crippen LogP contribution in [0.15, 0.2) is 34.9 Å². The quantitative estimate of drug-likeness (QED) is 0.634. The van der Waals surface area contributed by atoms with Crippen molar-refractivity contribution in [2.45, 2.75) is 27.3 Å². The normalized spacial score (nSPS) is 9.77. The van der Waals surface area contributed by atoms with Crippen LogP contribution in [-0.2, 0) is 6.54 Å². The Balaban J connectivity index is 2.86. The third kappa shape index (κ3) is 2.90. The molecule has 0 aliphatic heterocycles. The lowest BCUT2D eigenvalue weighted by Gasteiger charge is -2.03. The number of pyridine rings is 1. The number of allylic oxidation sites excluding steroid dienone is 2. The molecule has 0 amide bonds. The number of aryl methyl sites for hydroxylation is 1. The maximum atomic E-state index is 11.1. The van der Waals surface area contributed by atoms with E-state index in [4.69, 9.17) is 0 Å². The number of nitrogens with zero attached hydrogens (tertiary/aromatic N) is 1. The van der Waals surface area contributed by atoms with Crippen molar-refractivity contribution < 1.29 is 0 Å². The SMILES string of the molecule is CC(C)=CCn1ccc(=O)c(C)c1. The van der Waals surface area contributed by atoms with Crippen LogP contribution in [0.5, 0.6) is 0 Å². The molecule has 0 spiro atoms. The Morgan fingerprint density at radius 2 is 2.23 bits per heavy atom. The summed E-state index contributed by atoms with van der Waals surface area (Å²) in [5.41, 5.74) is 2.19. The van der Waals surface area contributed by atoms with Crippen molar-refractivity contribution in [3.05, 3.63) is 45.9 Å². The third-order valence-corrected chi connectivity index (χ3v) is 1.88. The first-order valence-corrected chi connectivity index (χ1v) is 4.39. The van der Waals surface area contributed by atoms with Crippen molar-refractivity contribution in [1.29, 1.82) is 0 Å². The first-order chi connectivity index (χ1) is 6.09. The van der Waals surface area contributed by atoms with Crippen LogP contribution in [0.4, 0.5) is 0 Å². The molecule has 1 aromatic rings. The molecule has 0 atom stereocenters. The monoisotopic (exact) mass is 177 g/mol. The Morgan fingerprint density at radius 3 is 2.77 bits per heavy atom. The average molecular weight is 177 g/mol. The van der Waals surface area contributed by atoms with E-state index in [0.29, 0.717) is 0 Å². The summed E-state index contributed by atoms with van der Waals surface area (Å²) in [4.78, 5) is 11.1. The van der Waals surface area contributed by atoms with Crippen molar-refractivity contribution in [2.24, 2.45) is 0 Å². The van der Waals surface area contributed by atoms with Crippen LogP contribution in [-0.4, -0.2) is 4.57 Å². The van der Waals surface area contributed by atoms with E-state index in [0.717, 1.165) is 12.1 Å². The molecule has 2 heteroatoms. The van der Waals surface area contributed by atoms with E-state index in [1.54, 1.807) is 6.07 Å². The topological polar surface area (TPSA) is 22.0 Å². The highest BCUT2D eigenvalue weighted by atomic mass is 16.1. The Kier molecular flexibility index (Phi) is 3.07. The molecule has 0 aliphatic rings. The minimum Gasteiger partial charge on any atom is -0.350 e. The van der Waals surface area contributed by atoms with Gasteiger partial charge in [0.05, 0.1) is 0 Å². The standard InChI is InChI=1S/C11H15NO/c1-9(2)4-6-12-7-5-11(13)10(3)8-12/h4-5,7-8H,6H2,1-3H3. The fourth-order valence-electron chi connectivity index (χ4n) is 1.05. The summed E-state index contributed by atoms with van der Waals surface area (Å²) >= 11 is 0. The van der Waals surface area contributed by atoms with E-state index in [1.807, 2.05) is 23.9 Å². The van der Waals surface area contributed by atoms with Crippen molar-refractivity contribution >= 4 is 0 Å². The highest BCUT2D eigenvalue weighted by molar-refractivity contribution is 5.08. The molecule has 1 aromatic heterocycles. The summed E-state index contributed by atoms with van der Waals surface area (Å²) < 4.78 is 2.00. The minimum atomic E-state index is 0.105. The summed E-state index contributed by atoms with van der Waals surface area (Å²) in [6.07, 6.45) is 5.82. The third-order valence-electron chi connectivity index (χ3n) is 1.88. The van der Waals surface area contributed by atoms with Crippen LogP contribution in [0.25, 0.3) is 0 Å². The predicted molar refractivity (Wildman–Crippen MR) is 54.9 cm³/mol. The smallest absolute Gasteiger partial charge is 0.184 e. The van der Waals surface area contributed by atoms with Crippen molar-refractivity contribution in [3.8, 4) is 0 Å². The van der Waals surface area contributed by atoms with Gasteiger partial charge in [0.15, 0.2) is 5.43 Å². The maximum Gasteiger partial charge on any atom is 0.184 e. The molecule has 1 rings (SSSR count). The van der Waals surface area contributed by atoms with Gasteiger partial charge in [-0.25, -0.2) is 0 Å². The second-order valence-corrected chi connectivity index (χ2v) is 3.47. The van der Waals surface area contributed by atoms with Gasteiger partial charge in [0, 0.05) is 30.6 Å². The predicted octanol–water partition coefficient (Wildman–Crippen LogP) is 2.12. The number of hydrogen-bond donors (Lipinski definition) is 0. The molecular weight excluding hydrogens is 162 g/mol. The zero-order valence-corrected chi connectivity index (χ0v) is 8.37. The van der Waals surface area contributed by atoms with Gasteiger partial charge < -0.3 is 4.57 Å². The van der Waals surface area contributed by atoms with Gasteiger partial charge in [-0.3, -0.25) is 4.79 Å². The van der Waals surface area contributed by atoms with E-state index in [1.165, 1.54) is 5.57 Å². The molecule has 2 nitrogen and oxygen atoms in total. The van der Waals surface area contributed by atoms with Gasteiger partial charge in [-0.2, -0.15) is 0 Å². The second-order valence-electron chi connectivity index (χ2n) is 3.47. The number of aromatic nitrogens is 1. The summed E-state index contributed by atoms with van der Waals surface area (Å²) in [7, 11) is 0. The van der Waals surface area contributed by atoms with Crippen molar-refractivity contribution in [2.75, 3.05) is 0 Å². The lowest BCUT2D eigenvalue weighted by atomic mass is 10.3. The largest absolute Gasteiger partial charge is 0.350 e. The number of hydrogen-bond acceptors (Lipinski definition) is 1. The lowest BCUT2D eigenvalue weighted by molar-refractivity contribution is 0.798. The van der Waals surface area contributed by atoms with Crippen LogP contribution in [0.2, 0.25) is 0 Å². The highest BCUT2D eigenvalue weighted by Crippen LogP contribution is 1.94. The zero-order valence-electron chi connectivity index (χ0n) is 8.37. The van der Waals surface area contributed by atoms with Gasteiger partial charge in [0.25, 0.3) is 0 Å². The molecule has 1 heterocycles. The summed E-state index contributed by atoms with van der Waals surface area (Å²) in [5.74, 6) is 0. The van der Waals surface area contributed by atoms with E-state index in [2.05, 4.69) is 19.9 Å². The Labute approximate surface area is 78.5 Å². The van der Waals surface area contributed by atoms with Crippen LogP contribution in [0.3, 0.4) is 0 Å². The maximum absolute atomic E-state index is 11.1. The van der Waals surface area contributed by atoms with Crippen LogP contribution in [0.1, 0.15) is 19.4 Å². The van der Waals surface area contributed by atoms with Gasteiger partial charge in [-0.15, -0.1) is 0 Å². The fourth-order valence-corrected chi connectivity index (χ4v) is 1.05. The molecule has 0 aliphatic carbocycles. The fraction of sp³-hybridized carbons (Fsp3) is 0.364. The van der Waals surface area contributed by atoms with Gasteiger partial charge in [0.1, 0.15) is 0 Å². The van der Waals surface area contributed by atoms with Crippen LogP contribution in [0, 0.1) is 6.92 Å². The van der Waals surface area contributed by atoms with Crippen molar-refractivity contribution in [3.63, 3.8) is 0 Å². The second kappa shape index (κ2) is 4.08. The average Bonchev–Trinajstić information content (AvgIpc) is 2.07. The molecule has 70 valence electrons. The molecule has 0 radical (unpaired) electrons. The first kappa shape index (κ1) is 9.78. The molecule has 13 heavy (non-hydrogen) atoms. The Hall–Kier alpha value is -1.31. The lowest BCUT2D eigenvalue weighted by Crippen LogP contribution is -2.07. The first-order valence-electron chi connectivity index (χ1n) is 4.39. The molecule has 0 aromatic carbocycles. The molecule has 0 saturated carbocycles. The van der Waals surface area contributed by atoms with Gasteiger partial charge in [-0.1, -0.05) is 11.6 Å². The molecule has 0 N–H and O–H groups in total. The Morgan fingerprint density at radius 1 is 1.54 bits per heavy atom. The van der Waals surface area contributed by atoms with Gasteiger partial charge in [-0.05, 0) is 20.8 Å². The van der Waals surface area contributed by atoms with Gasteiger partial charge in [0.2, 0.25) is 0 Å². The molecule has 0 fully saturated rings. The molecule has 0 bridgehead atoms. The van der Waals surface area contributed by atoms with Crippen molar-refractivity contribution in [1.82, 2.24) is 4.57 Å².